The minimum Gasteiger partial charge on any atom is -0.497 e. The van der Waals surface area contributed by atoms with E-state index < -0.39 is 0 Å². The van der Waals surface area contributed by atoms with E-state index in [1.165, 1.54) is 0 Å². The maximum Gasteiger partial charge on any atom is 0.272 e. The highest BCUT2D eigenvalue weighted by molar-refractivity contribution is 5.92. The fourth-order valence-corrected chi connectivity index (χ4v) is 3.93. The molecule has 0 spiro atoms. The van der Waals surface area contributed by atoms with Crippen LogP contribution in [0.25, 0.3) is 11.1 Å². The quantitative estimate of drug-likeness (QED) is 0.662. The zero-order valence-electron chi connectivity index (χ0n) is 16.8. The summed E-state index contributed by atoms with van der Waals surface area (Å²) < 4.78 is 5.37. The number of amides is 1. The number of nitrogens with zero attached hydrogens (tertiary/aromatic N) is 3. The molecule has 0 saturated carbocycles. The van der Waals surface area contributed by atoms with E-state index >= 15 is 0 Å². The number of aryl methyl sites for hydroxylation is 1. The normalized spacial score (nSPS) is 16.5. The van der Waals surface area contributed by atoms with E-state index in [2.05, 4.69) is 23.2 Å². The Hall–Kier alpha value is -3.21. The Morgan fingerprint density at radius 1 is 1.10 bits per heavy atom. The highest BCUT2D eigenvalue weighted by Gasteiger charge is 2.27. The number of carbonyl (C=O) groups excluding carboxylic acids is 1. The van der Waals surface area contributed by atoms with Gasteiger partial charge in [-0.1, -0.05) is 18.2 Å². The fourth-order valence-electron chi connectivity index (χ4n) is 3.93. The monoisotopic (exact) mass is 387 g/mol. The van der Waals surface area contributed by atoms with Crippen LogP contribution in [0.15, 0.2) is 60.8 Å². The molecule has 2 aromatic heterocycles. The summed E-state index contributed by atoms with van der Waals surface area (Å²) in [6.45, 7) is 3.46. The van der Waals surface area contributed by atoms with Crippen molar-refractivity contribution in [2.24, 2.45) is 0 Å². The van der Waals surface area contributed by atoms with Crippen LogP contribution in [0.3, 0.4) is 0 Å². The first-order valence-corrected chi connectivity index (χ1v) is 9.97. The lowest BCUT2D eigenvalue weighted by molar-refractivity contribution is 0.0700. The van der Waals surface area contributed by atoms with E-state index in [-0.39, 0.29) is 11.8 Å². The molecule has 0 bridgehead atoms. The highest BCUT2D eigenvalue weighted by Crippen LogP contribution is 2.31. The van der Waals surface area contributed by atoms with Gasteiger partial charge in [0.25, 0.3) is 5.91 Å². The molecule has 4 rings (SSSR count). The molecule has 3 heterocycles. The van der Waals surface area contributed by atoms with Crippen LogP contribution in [0, 0.1) is 6.92 Å². The predicted octanol–water partition coefficient (Wildman–Crippen LogP) is 4.48. The average Bonchev–Trinajstić information content (AvgIpc) is 2.79. The first-order chi connectivity index (χ1) is 14.1. The van der Waals surface area contributed by atoms with Crippen molar-refractivity contribution in [1.82, 2.24) is 14.9 Å². The van der Waals surface area contributed by atoms with Gasteiger partial charge in [-0.05, 0) is 67.3 Å². The van der Waals surface area contributed by atoms with Gasteiger partial charge in [0.1, 0.15) is 11.4 Å². The van der Waals surface area contributed by atoms with Crippen molar-refractivity contribution in [1.29, 1.82) is 0 Å². The lowest BCUT2D eigenvalue weighted by Gasteiger charge is -2.32. The molecule has 0 radical (unpaired) electrons. The summed E-state index contributed by atoms with van der Waals surface area (Å²) in [7, 11) is 1.68. The third-order valence-corrected chi connectivity index (χ3v) is 5.39. The zero-order valence-corrected chi connectivity index (χ0v) is 16.8. The predicted molar refractivity (Wildman–Crippen MR) is 113 cm³/mol. The number of hydrogen-bond donors (Lipinski definition) is 0. The Balaban J connectivity index is 1.59. The lowest BCUT2D eigenvalue weighted by Crippen LogP contribution is -2.39. The third kappa shape index (κ3) is 4.29. The van der Waals surface area contributed by atoms with E-state index in [9.17, 15) is 4.79 Å². The second kappa shape index (κ2) is 8.43. The number of carbonyl (C=O) groups is 1. The van der Waals surface area contributed by atoms with Gasteiger partial charge in [-0.3, -0.25) is 14.8 Å². The standard InChI is InChI=1S/C24H25N3O2/c1-17-13-20(18-7-5-9-21(14-18)29-2)15-23(26-17)19-8-6-12-27(16-19)24(28)22-10-3-4-11-25-22/h3-5,7,9-11,13-15,19H,6,8,12,16H2,1-2H3. The van der Waals surface area contributed by atoms with Crippen LogP contribution in [0.2, 0.25) is 0 Å². The summed E-state index contributed by atoms with van der Waals surface area (Å²) in [6.07, 6.45) is 3.66. The summed E-state index contributed by atoms with van der Waals surface area (Å²) in [5.74, 6) is 1.06. The molecule has 0 N–H and O–H groups in total. The lowest BCUT2D eigenvalue weighted by atomic mass is 9.92. The number of ether oxygens (including phenoxy) is 1. The van der Waals surface area contributed by atoms with Gasteiger partial charge in [0.05, 0.1) is 7.11 Å². The van der Waals surface area contributed by atoms with Crippen LogP contribution < -0.4 is 4.74 Å². The number of benzene rings is 1. The van der Waals surface area contributed by atoms with E-state index in [0.29, 0.717) is 12.2 Å². The number of methoxy groups -OCH3 is 1. The molecule has 3 aromatic rings. The second-order valence-electron chi connectivity index (χ2n) is 7.46. The number of pyridine rings is 2. The summed E-state index contributed by atoms with van der Waals surface area (Å²) in [5, 5.41) is 0. The molecule has 5 heteroatoms. The molecule has 1 saturated heterocycles. The largest absolute Gasteiger partial charge is 0.497 e. The van der Waals surface area contributed by atoms with Gasteiger partial charge in [0.2, 0.25) is 0 Å². The number of hydrogen-bond acceptors (Lipinski definition) is 4. The first-order valence-electron chi connectivity index (χ1n) is 9.97. The fraction of sp³-hybridized carbons (Fsp3) is 0.292. The maximum absolute atomic E-state index is 12.8. The third-order valence-electron chi connectivity index (χ3n) is 5.39. The molecule has 1 unspecified atom stereocenters. The van der Waals surface area contributed by atoms with Crippen LogP contribution in [0.4, 0.5) is 0 Å². The van der Waals surface area contributed by atoms with Crippen molar-refractivity contribution in [2.75, 3.05) is 20.2 Å². The first kappa shape index (κ1) is 19.1. The van der Waals surface area contributed by atoms with Crippen LogP contribution in [-0.2, 0) is 0 Å². The number of aromatic nitrogens is 2. The highest BCUT2D eigenvalue weighted by atomic mass is 16.5. The summed E-state index contributed by atoms with van der Waals surface area (Å²) in [6, 6.07) is 17.8. The van der Waals surface area contributed by atoms with Gasteiger partial charge in [-0.2, -0.15) is 0 Å². The molecule has 5 nitrogen and oxygen atoms in total. The molecular weight excluding hydrogens is 362 g/mol. The Bertz CT molecular complexity index is 1000. The Morgan fingerprint density at radius 3 is 2.79 bits per heavy atom. The second-order valence-corrected chi connectivity index (χ2v) is 7.46. The van der Waals surface area contributed by atoms with Crippen LogP contribution in [-0.4, -0.2) is 41.0 Å². The van der Waals surface area contributed by atoms with Gasteiger partial charge < -0.3 is 9.64 Å². The Labute approximate surface area is 171 Å². The zero-order chi connectivity index (χ0) is 20.2. The molecule has 1 amide bonds. The van der Waals surface area contributed by atoms with Gasteiger partial charge in [-0.15, -0.1) is 0 Å². The molecule has 1 aliphatic rings. The van der Waals surface area contributed by atoms with Crippen molar-refractivity contribution in [3.05, 3.63) is 77.9 Å². The summed E-state index contributed by atoms with van der Waals surface area (Å²) in [5.41, 5.74) is 4.75. The topological polar surface area (TPSA) is 55.3 Å². The Kier molecular flexibility index (Phi) is 5.56. The Morgan fingerprint density at radius 2 is 2.00 bits per heavy atom. The van der Waals surface area contributed by atoms with Gasteiger partial charge in [0, 0.05) is 36.6 Å². The number of rotatable bonds is 4. The van der Waals surface area contributed by atoms with Gasteiger partial charge >= 0.3 is 0 Å². The van der Waals surface area contributed by atoms with Crippen molar-refractivity contribution in [3.8, 4) is 16.9 Å². The van der Waals surface area contributed by atoms with Crippen LogP contribution in [0.1, 0.15) is 40.6 Å². The van der Waals surface area contributed by atoms with Crippen molar-refractivity contribution in [2.45, 2.75) is 25.7 Å². The van der Waals surface area contributed by atoms with Gasteiger partial charge in [0.15, 0.2) is 0 Å². The van der Waals surface area contributed by atoms with Crippen molar-refractivity contribution in [3.63, 3.8) is 0 Å². The SMILES string of the molecule is COc1cccc(-c2cc(C)nc(C3CCCN(C(=O)c4ccccn4)C3)c2)c1. The molecule has 0 aliphatic carbocycles. The van der Waals surface area contributed by atoms with E-state index in [1.54, 1.807) is 19.4 Å². The number of piperidine rings is 1. The molecule has 148 valence electrons. The van der Waals surface area contributed by atoms with Crippen LogP contribution in [0.5, 0.6) is 5.75 Å². The van der Waals surface area contributed by atoms with E-state index in [1.807, 2.05) is 42.2 Å². The van der Waals surface area contributed by atoms with Crippen LogP contribution >= 0.6 is 0 Å². The molecule has 1 aromatic carbocycles. The average molecular weight is 387 g/mol. The van der Waals surface area contributed by atoms with Gasteiger partial charge in [-0.25, -0.2) is 0 Å². The summed E-state index contributed by atoms with van der Waals surface area (Å²) in [4.78, 5) is 23.8. The summed E-state index contributed by atoms with van der Waals surface area (Å²) >= 11 is 0. The number of likely N-dealkylation sites (tertiary alicyclic amines) is 1. The van der Waals surface area contributed by atoms with Crippen molar-refractivity contribution >= 4 is 5.91 Å². The molecule has 1 atom stereocenters. The maximum atomic E-state index is 12.8. The smallest absolute Gasteiger partial charge is 0.272 e. The molecule has 29 heavy (non-hydrogen) atoms. The molecule has 1 aliphatic heterocycles. The molecule has 1 fully saturated rings. The van der Waals surface area contributed by atoms with E-state index in [4.69, 9.17) is 9.72 Å². The minimum absolute atomic E-state index is 0.00373. The van der Waals surface area contributed by atoms with E-state index in [0.717, 1.165) is 47.7 Å². The van der Waals surface area contributed by atoms with Crippen molar-refractivity contribution < 1.29 is 9.53 Å². The minimum atomic E-state index is -0.00373. The molecular formula is C24H25N3O2.